The van der Waals surface area contributed by atoms with Crippen molar-refractivity contribution in [3.8, 4) is 5.75 Å². The second-order valence-corrected chi connectivity index (χ2v) is 12.0. The molecule has 224 valence electrons. The van der Waals surface area contributed by atoms with Crippen molar-refractivity contribution in [2.45, 2.75) is 42.5 Å². The van der Waals surface area contributed by atoms with E-state index in [1.807, 2.05) is 18.2 Å². The van der Waals surface area contributed by atoms with Gasteiger partial charge in [0, 0.05) is 38.0 Å². The number of sulfonamides is 1. The number of hydrogen-bond acceptors (Lipinski definition) is 6. The number of fused-ring (bicyclic) bond motifs is 1. The SMILES string of the molecule is O=C(C[C@@H](NS(=O)(=O)c1cccc(C(F)(F)F)c1)c1ccccc1)N[C@@H]1CCOc2cc(CN3CCOCC3)ccc21. The minimum absolute atomic E-state index is 0.260. The molecule has 2 aliphatic rings. The van der Waals surface area contributed by atoms with E-state index in [-0.39, 0.29) is 12.5 Å². The molecule has 0 radical (unpaired) electrons. The lowest BCUT2D eigenvalue weighted by atomic mass is 9.97. The van der Waals surface area contributed by atoms with Crippen LogP contribution in [-0.4, -0.2) is 52.1 Å². The number of nitrogens with zero attached hydrogens (tertiary/aromatic N) is 1. The molecular weight excluding hydrogens is 571 g/mol. The van der Waals surface area contributed by atoms with Gasteiger partial charge >= 0.3 is 6.18 Å². The van der Waals surface area contributed by atoms with Gasteiger partial charge in [0.15, 0.2) is 0 Å². The van der Waals surface area contributed by atoms with Gasteiger partial charge in [0.1, 0.15) is 5.75 Å². The number of amides is 1. The largest absolute Gasteiger partial charge is 0.493 e. The third-order valence-electron chi connectivity index (χ3n) is 7.32. The summed E-state index contributed by atoms with van der Waals surface area (Å²) in [5.41, 5.74) is 1.35. The van der Waals surface area contributed by atoms with Crippen molar-refractivity contribution in [3.05, 3.63) is 95.1 Å². The maximum absolute atomic E-state index is 13.3. The number of morpholine rings is 1. The van der Waals surface area contributed by atoms with Gasteiger partial charge in [0.2, 0.25) is 15.9 Å². The van der Waals surface area contributed by atoms with Crippen molar-refractivity contribution in [3.63, 3.8) is 0 Å². The summed E-state index contributed by atoms with van der Waals surface area (Å²) >= 11 is 0. The van der Waals surface area contributed by atoms with Crippen molar-refractivity contribution >= 4 is 15.9 Å². The summed E-state index contributed by atoms with van der Waals surface area (Å²) in [6.07, 6.45) is -4.43. The van der Waals surface area contributed by atoms with Gasteiger partial charge in [-0.05, 0) is 35.4 Å². The molecule has 0 unspecified atom stereocenters. The van der Waals surface area contributed by atoms with Crippen LogP contribution in [0.5, 0.6) is 5.75 Å². The van der Waals surface area contributed by atoms with Gasteiger partial charge in [0.25, 0.3) is 0 Å². The van der Waals surface area contributed by atoms with Gasteiger partial charge in [0.05, 0.1) is 42.4 Å². The summed E-state index contributed by atoms with van der Waals surface area (Å²) in [7, 11) is -4.40. The smallest absolute Gasteiger partial charge is 0.416 e. The predicted octanol–water partition coefficient (Wildman–Crippen LogP) is 4.59. The zero-order valence-corrected chi connectivity index (χ0v) is 23.6. The Hall–Kier alpha value is -3.45. The molecule has 1 saturated heterocycles. The van der Waals surface area contributed by atoms with Crippen LogP contribution in [-0.2, 0) is 32.3 Å². The lowest BCUT2D eigenvalue weighted by Gasteiger charge is -2.29. The van der Waals surface area contributed by atoms with Crippen LogP contribution in [0, 0.1) is 0 Å². The molecule has 0 saturated carbocycles. The number of carbonyl (C=O) groups excluding carboxylic acids is 1. The molecule has 2 N–H and O–H groups in total. The fourth-order valence-electron chi connectivity index (χ4n) is 5.15. The topological polar surface area (TPSA) is 97.0 Å². The average Bonchev–Trinajstić information content (AvgIpc) is 2.97. The maximum atomic E-state index is 13.3. The van der Waals surface area contributed by atoms with E-state index in [0.29, 0.717) is 43.6 Å². The quantitative estimate of drug-likeness (QED) is 0.372. The van der Waals surface area contributed by atoms with E-state index in [0.717, 1.165) is 49.0 Å². The summed E-state index contributed by atoms with van der Waals surface area (Å²) in [4.78, 5) is 15.1. The van der Waals surface area contributed by atoms with E-state index in [1.54, 1.807) is 30.3 Å². The number of benzene rings is 3. The lowest BCUT2D eigenvalue weighted by Crippen LogP contribution is -2.37. The monoisotopic (exact) mass is 603 g/mol. The molecule has 5 rings (SSSR count). The normalized spacial score (nSPS) is 18.5. The predicted molar refractivity (Wildman–Crippen MR) is 149 cm³/mol. The first kappa shape index (κ1) is 30.0. The number of carbonyl (C=O) groups is 1. The van der Waals surface area contributed by atoms with E-state index in [9.17, 15) is 26.4 Å². The summed E-state index contributed by atoms with van der Waals surface area (Å²) in [6, 6.07) is 16.6. The minimum atomic E-state index is -4.70. The van der Waals surface area contributed by atoms with Crippen molar-refractivity contribution in [2.75, 3.05) is 32.9 Å². The van der Waals surface area contributed by atoms with E-state index < -0.39 is 38.6 Å². The first-order valence-corrected chi connectivity index (χ1v) is 15.2. The lowest BCUT2D eigenvalue weighted by molar-refractivity contribution is -0.137. The van der Waals surface area contributed by atoms with Crippen LogP contribution in [0.3, 0.4) is 0 Å². The highest BCUT2D eigenvalue weighted by Gasteiger charge is 2.33. The Bertz CT molecular complexity index is 1500. The molecule has 3 aromatic carbocycles. The molecule has 3 aromatic rings. The maximum Gasteiger partial charge on any atom is 0.416 e. The fourth-order valence-corrected chi connectivity index (χ4v) is 6.42. The van der Waals surface area contributed by atoms with Crippen molar-refractivity contribution in [1.82, 2.24) is 14.9 Å². The molecule has 2 atom stereocenters. The van der Waals surface area contributed by atoms with Crippen molar-refractivity contribution in [1.29, 1.82) is 0 Å². The van der Waals surface area contributed by atoms with E-state index >= 15 is 0 Å². The van der Waals surface area contributed by atoms with Gasteiger partial charge in [-0.1, -0.05) is 48.5 Å². The first-order chi connectivity index (χ1) is 20.1. The van der Waals surface area contributed by atoms with Crippen molar-refractivity contribution < 1.29 is 35.9 Å². The number of halogens is 3. The van der Waals surface area contributed by atoms with Gasteiger partial charge in [-0.3, -0.25) is 9.69 Å². The minimum Gasteiger partial charge on any atom is -0.493 e. The Labute approximate surface area is 242 Å². The zero-order valence-electron chi connectivity index (χ0n) is 22.8. The molecule has 0 aliphatic carbocycles. The zero-order chi connectivity index (χ0) is 29.7. The summed E-state index contributed by atoms with van der Waals surface area (Å²) in [5, 5.41) is 3.00. The summed E-state index contributed by atoms with van der Waals surface area (Å²) in [6.45, 7) is 4.30. The van der Waals surface area contributed by atoms with Gasteiger partial charge < -0.3 is 14.8 Å². The molecule has 1 amide bonds. The Morgan fingerprint density at radius 1 is 0.976 bits per heavy atom. The van der Waals surface area contributed by atoms with Crippen LogP contribution in [0.4, 0.5) is 13.2 Å². The average molecular weight is 604 g/mol. The highest BCUT2D eigenvalue weighted by Crippen LogP contribution is 2.34. The Balaban J connectivity index is 1.30. The van der Waals surface area contributed by atoms with E-state index in [2.05, 4.69) is 14.9 Å². The van der Waals surface area contributed by atoms with Crippen LogP contribution < -0.4 is 14.8 Å². The Morgan fingerprint density at radius 2 is 1.74 bits per heavy atom. The molecule has 0 bridgehead atoms. The molecule has 8 nitrogen and oxygen atoms in total. The number of alkyl halides is 3. The van der Waals surface area contributed by atoms with Gasteiger partial charge in [-0.15, -0.1) is 0 Å². The molecule has 0 aromatic heterocycles. The van der Waals surface area contributed by atoms with Crippen LogP contribution >= 0.6 is 0 Å². The van der Waals surface area contributed by atoms with Crippen LogP contribution in [0.1, 0.15) is 47.2 Å². The summed E-state index contributed by atoms with van der Waals surface area (Å²) < 4.78 is 79.8. The Morgan fingerprint density at radius 3 is 2.48 bits per heavy atom. The molecule has 1 fully saturated rings. The van der Waals surface area contributed by atoms with Crippen LogP contribution in [0.25, 0.3) is 0 Å². The summed E-state index contributed by atoms with van der Waals surface area (Å²) in [5.74, 6) is 0.285. The van der Waals surface area contributed by atoms with Crippen LogP contribution in [0.2, 0.25) is 0 Å². The third-order valence-corrected chi connectivity index (χ3v) is 8.79. The van der Waals surface area contributed by atoms with E-state index in [1.165, 1.54) is 0 Å². The van der Waals surface area contributed by atoms with Gasteiger partial charge in [-0.2, -0.15) is 13.2 Å². The Kier molecular flexibility index (Phi) is 9.16. The number of hydrogen-bond donors (Lipinski definition) is 2. The third kappa shape index (κ3) is 7.49. The van der Waals surface area contributed by atoms with Gasteiger partial charge in [-0.25, -0.2) is 13.1 Å². The number of ether oxygens (including phenoxy) is 2. The molecule has 42 heavy (non-hydrogen) atoms. The fraction of sp³-hybridized carbons (Fsp3) is 0.367. The highest BCUT2D eigenvalue weighted by molar-refractivity contribution is 7.89. The molecule has 2 heterocycles. The second kappa shape index (κ2) is 12.8. The molecule has 0 spiro atoms. The first-order valence-electron chi connectivity index (χ1n) is 13.7. The van der Waals surface area contributed by atoms with Crippen molar-refractivity contribution in [2.24, 2.45) is 0 Å². The standard InChI is InChI=1S/C30H32F3N3O5S/c31-30(32,33)23-7-4-8-24(18-23)42(38,39)35-27(22-5-2-1-3-6-22)19-29(37)34-26-11-14-41-28-17-21(9-10-25(26)28)20-36-12-15-40-16-13-36/h1-10,17-18,26-27,35H,11-16,19-20H2,(H,34,37)/t26-,27-/m1/s1. The molecule has 12 heteroatoms. The van der Waals surface area contributed by atoms with E-state index in [4.69, 9.17) is 9.47 Å². The number of rotatable bonds is 9. The molecular formula is C30H32F3N3O5S. The second-order valence-electron chi connectivity index (χ2n) is 10.3. The van der Waals surface area contributed by atoms with Crippen LogP contribution in [0.15, 0.2) is 77.7 Å². The highest BCUT2D eigenvalue weighted by atomic mass is 32.2. The number of nitrogens with one attached hydrogen (secondary N) is 2. The molecule has 2 aliphatic heterocycles.